The lowest BCUT2D eigenvalue weighted by Gasteiger charge is -2.20. The minimum absolute atomic E-state index is 0.101. The van der Waals surface area contributed by atoms with Crippen LogP contribution in [0.15, 0.2) is 30.5 Å². The van der Waals surface area contributed by atoms with E-state index in [4.69, 9.17) is 16.3 Å². The van der Waals surface area contributed by atoms with Gasteiger partial charge in [-0.3, -0.25) is 0 Å². The van der Waals surface area contributed by atoms with Gasteiger partial charge in [-0.2, -0.15) is 0 Å². The van der Waals surface area contributed by atoms with Gasteiger partial charge in [0.1, 0.15) is 11.9 Å². The largest absolute Gasteiger partial charge is 0.506 e. The van der Waals surface area contributed by atoms with Gasteiger partial charge in [-0.1, -0.05) is 11.6 Å². The molecule has 3 nitrogen and oxygen atoms in total. The minimum atomic E-state index is 0.101. The van der Waals surface area contributed by atoms with E-state index in [1.807, 2.05) is 6.08 Å². The van der Waals surface area contributed by atoms with Crippen molar-refractivity contribution < 1.29 is 9.84 Å². The van der Waals surface area contributed by atoms with Gasteiger partial charge in [0, 0.05) is 5.69 Å². The minimum Gasteiger partial charge on any atom is -0.506 e. The summed E-state index contributed by atoms with van der Waals surface area (Å²) in [6.07, 6.45) is 6.06. The third-order valence-electron chi connectivity index (χ3n) is 2.50. The first kappa shape index (κ1) is 11.1. The summed E-state index contributed by atoms with van der Waals surface area (Å²) >= 11 is 5.80. The number of aromatic hydroxyl groups is 1. The normalized spacial score (nSPS) is 19.2. The Morgan fingerprint density at radius 3 is 3.06 bits per heavy atom. The number of phenolic OH excluding ortho intramolecular Hbond substituents is 1. The van der Waals surface area contributed by atoms with Crippen LogP contribution in [0.25, 0.3) is 0 Å². The highest BCUT2D eigenvalue weighted by Crippen LogP contribution is 2.26. The summed E-state index contributed by atoms with van der Waals surface area (Å²) in [5.41, 5.74) is 0.890. The summed E-state index contributed by atoms with van der Waals surface area (Å²) in [6.45, 7) is 0.742. The Bertz CT molecular complexity index is 393. The molecule has 1 unspecified atom stereocenters. The Morgan fingerprint density at radius 1 is 1.50 bits per heavy atom. The monoisotopic (exact) mass is 239 g/mol. The van der Waals surface area contributed by atoms with Crippen molar-refractivity contribution in [2.24, 2.45) is 0 Å². The van der Waals surface area contributed by atoms with Crippen LogP contribution in [0.3, 0.4) is 0 Å². The Labute approximate surface area is 99.7 Å². The van der Waals surface area contributed by atoms with Gasteiger partial charge in [0.05, 0.1) is 17.8 Å². The number of benzene rings is 1. The topological polar surface area (TPSA) is 41.5 Å². The van der Waals surface area contributed by atoms with Crippen molar-refractivity contribution in [1.29, 1.82) is 0 Å². The second kappa shape index (κ2) is 5.12. The molecule has 1 heterocycles. The smallest absolute Gasteiger partial charge is 0.134 e. The van der Waals surface area contributed by atoms with E-state index >= 15 is 0 Å². The molecular weight excluding hydrogens is 226 g/mol. The van der Waals surface area contributed by atoms with Crippen molar-refractivity contribution in [3.8, 4) is 5.75 Å². The van der Waals surface area contributed by atoms with E-state index in [1.54, 1.807) is 24.5 Å². The first-order valence-corrected chi connectivity index (χ1v) is 5.66. The van der Waals surface area contributed by atoms with Crippen molar-refractivity contribution in [2.75, 3.05) is 11.9 Å². The van der Waals surface area contributed by atoms with Crippen LogP contribution < -0.4 is 5.32 Å². The molecule has 0 saturated heterocycles. The van der Waals surface area contributed by atoms with Gasteiger partial charge < -0.3 is 15.2 Å². The molecule has 0 aromatic heterocycles. The van der Waals surface area contributed by atoms with E-state index in [0.29, 0.717) is 5.02 Å². The second-order valence-electron chi connectivity index (χ2n) is 3.75. The lowest BCUT2D eigenvalue weighted by Crippen LogP contribution is -2.22. The number of hydrogen-bond donors (Lipinski definition) is 2. The van der Waals surface area contributed by atoms with E-state index in [-0.39, 0.29) is 11.9 Å². The molecular formula is C12H14ClNO2. The number of halogens is 1. The van der Waals surface area contributed by atoms with Crippen LogP contribution in [-0.4, -0.2) is 17.8 Å². The van der Waals surface area contributed by atoms with Crippen molar-refractivity contribution in [3.63, 3.8) is 0 Å². The average molecular weight is 240 g/mol. The third kappa shape index (κ3) is 2.83. The van der Waals surface area contributed by atoms with Crippen LogP contribution in [0, 0.1) is 0 Å². The van der Waals surface area contributed by atoms with E-state index in [9.17, 15) is 5.11 Å². The molecule has 0 bridgehead atoms. The van der Waals surface area contributed by atoms with Crippen molar-refractivity contribution in [2.45, 2.75) is 18.9 Å². The predicted molar refractivity (Wildman–Crippen MR) is 64.9 cm³/mol. The van der Waals surface area contributed by atoms with E-state index in [1.165, 1.54) is 0 Å². The molecule has 2 rings (SSSR count). The van der Waals surface area contributed by atoms with Crippen LogP contribution in [0.4, 0.5) is 5.69 Å². The average Bonchev–Trinajstić information content (AvgIpc) is 2.32. The van der Waals surface area contributed by atoms with Gasteiger partial charge in [-0.25, -0.2) is 0 Å². The molecule has 1 aliphatic rings. The number of rotatable bonds is 3. The Hall–Kier alpha value is -1.35. The Kier molecular flexibility index (Phi) is 3.57. The number of phenols is 1. The van der Waals surface area contributed by atoms with Crippen LogP contribution in [0.2, 0.25) is 5.02 Å². The van der Waals surface area contributed by atoms with Crippen molar-refractivity contribution in [1.82, 2.24) is 0 Å². The van der Waals surface area contributed by atoms with Gasteiger partial charge in [-0.05, 0) is 37.1 Å². The number of hydrogen-bond acceptors (Lipinski definition) is 3. The van der Waals surface area contributed by atoms with Gasteiger partial charge in [-0.15, -0.1) is 0 Å². The molecule has 86 valence electrons. The van der Waals surface area contributed by atoms with Crippen LogP contribution in [0.5, 0.6) is 5.75 Å². The van der Waals surface area contributed by atoms with Crippen LogP contribution in [-0.2, 0) is 4.74 Å². The lowest BCUT2D eigenvalue weighted by atomic mass is 10.1. The summed E-state index contributed by atoms with van der Waals surface area (Å²) in [5.74, 6) is 0.101. The Morgan fingerprint density at radius 2 is 2.38 bits per heavy atom. The molecule has 2 N–H and O–H groups in total. The summed E-state index contributed by atoms with van der Waals surface area (Å²) in [4.78, 5) is 0. The van der Waals surface area contributed by atoms with Gasteiger partial charge in [0.2, 0.25) is 0 Å². The fourth-order valence-electron chi connectivity index (χ4n) is 1.58. The number of ether oxygens (including phenoxy) is 1. The zero-order chi connectivity index (χ0) is 11.4. The maximum Gasteiger partial charge on any atom is 0.134 e. The Balaban J connectivity index is 1.89. The molecule has 0 radical (unpaired) electrons. The standard InChI is InChI=1S/C12H14ClNO2/c13-11-7-9(4-5-12(11)15)14-8-10-3-1-2-6-16-10/h2,4-7,10,14-15H,1,3,8H2. The first-order chi connectivity index (χ1) is 7.75. The van der Waals surface area contributed by atoms with E-state index in [2.05, 4.69) is 5.32 Å². The molecule has 0 aliphatic carbocycles. The maximum atomic E-state index is 9.27. The second-order valence-corrected chi connectivity index (χ2v) is 4.16. The zero-order valence-electron chi connectivity index (χ0n) is 8.82. The molecule has 1 aromatic carbocycles. The maximum absolute atomic E-state index is 9.27. The van der Waals surface area contributed by atoms with Gasteiger partial charge >= 0.3 is 0 Å². The molecule has 4 heteroatoms. The first-order valence-electron chi connectivity index (χ1n) is 5.28. The third-order valence-corrected chi connectivity index (χ3v) is 2.81. The summed E-state index contributed by atoms with van der Waals surface area (Å²) in [5, 5.41) is 12.9. The predicted octanol–water partition coefficient (Wildman–Crippen LogP) is 3.15. The van der Waals surface area contributed by atoms with E-state index in [0.717, 1.165) is 25.1 Å². The summed E-state index contributed by atoms with van der Waals surface area (Å²) in [7, 11) is 0. The molecule has 0 amide bonds. The molecule has 0 fully saturated rings. The zero-order valence-corrected chi connectivity index (χ0v) is 9.57. The van der Waals surface area contributed by atoms with Gasteiger partial charge in [0.25, 0.3) is 0 Å². The molecule has 1 atom stereocenters. The summed E-state index contributed by atoms with van der Waals surface area (Å²) < 4.78 is 5.43. The molecule has 16 heavy (non-hydrogen) atoms. The lowest BCUT2D eigenvalue weighted by molar-refractivity contribution is 0.135. The van der Waals surface area contributed by atoms with Gasteiger partial charge in [0.15, 0.2) is 0 Å². The highest BCUT2D eigenvalue weighted by Gasteiger charge is 2.10. The number of anilines is 1. The molecule has 0 saturated carbocycles. The van der Waals surface area contributed by atoms with Crippen molar-refractivity contribution >= 4 is 17.3 Å². The summed E-state index contributed by atoms with van der Waals surface area (Å²) in [6, 6.07) is 5.07. The molecule has 0 spiro atoms. The highest BCUT2D eigenvalue weighted by atomic mass is 35.5. The number of allylic oxidation sites excluding steroid dienone is 1. The SMILES string of the molecule is Oc1ccc(NCC2CCC=CO2)cc1Cl. The molecule has 1 aromatic rings. The number of nitrogens with one attached hydrogen (secondary N) is 1. The van der Waals surface area contributed by atoms with Crippen molar-refractivity contribution in [3.05, 3.63) is 35.6 Å². The fourth-order valence-corrected chi connectivity index (χ4v) is 1.76. The van der Waals surface area contributed by atoms with Crippen LogP contribution >= 0.6 is 11.6 Å². The van der Waals surface area contributed by atoms with Crippen LogP contribution in [0.1, 0.15) is 12.8 Å². The highest BCUT2D eigenvalue weighted by molar-refractivity contribution is 6.32. The molecule has 1 aliphatic heterocycles. The van der Waals surface area contributed by atoms with E-state index < -0.39 is 0 Å². The quantitative estimate of drug-likeness (QED) is 0.797. The fraction of sp³-hybridized carbons (Fsp3) is 0.333.